The predicted octanol–water partition coefficient (Wildman–Crippen LogP) is 2.93. The van der Waals surface area contributed by atoms with E-state index in [0.717, 1.165) is 12.1 Å². The molecule has 1 aromatic carbocycles. The standard InChI is InChI=1S/C15H16FN3S/c1-15(11-4-6-12(16)7-5-11)10-18-14(17)19(15)9-13-3-2-8-20-13/h2-8H,9-10H2,1H3,(H2,17,18). The fourth-order valence-electron chi connectivity index (χ4n) is 2.53. The third-order valence-electron chi connectivity index (χ3n) is 3.78. The van der Waals surface area contributed by atoms with Crippen LogP contribution < -0.4 is 5.73 Å². The van der Waals surface area contributed by atoms with Gasteiger partial charge in [0, 0.05) is 4.88 Å². The Labute approximate surface area is 121 Å². The average Bonchev–Trinajstić information content (AvgIpc) is 3.04. The van der Waals surface area contributed by atoms with Gasteiger partial charge in [-0.05, 0) is 36.1 Å². The molecule has 2 heterocycles. The van der Waals surface area contributed by atoms with Crippen LogP contribution in [0.25, 0.3) is 0 Å². The molecule has 2 aromatic rings. The minimum Gasteiger partial charge on any atom is -0.370 e. The molecule has 1 aliphatic rings. The highest BCUT2D eigenvalue weighted by molar-refractivity contribution is 7.09. The number of hydrogen-bond donors (Lipinski definition) is 1. The van der Waals surface area contributed by atoms with Crippen molar-refractivity contribution in [1.82, 2.24) is 4.90 Å². The molecule has 0 spiro atoms. The molecule has 0 bridgehead atoms. The van der Waals surface area contributed by atoms with E-state index >= 15 is 0 Å². The van der Waals surface area contributed by atoms with Crippen LogP contribution in [0.15, 0.2) is 46.8 Å². The molecule has 0 saturated heterocycles. The minimum absolute atomic E-state index is 0.228. The zero-order chi connectivity index (χ0) is 14.2. The molecule has 1 unspecified atom stereocenters. The van der Waals surface area contributed by atoms with Gasteiger partial charge in [0.15, 0.2) is 5.96 Å². The van der Waals surface area contributed by atoms with E-state index in [1.54, 1.807) is 11.3 Å². The van der Waals surface area contributed by atoms with Gasteiger partial charge in [-0.25, -0.2) is 4.39 Å². The monoisotopic (exact) mass is 289 g/mol. The van der Waals surface area contributed by atoms with Crippen molar-refractivity contribution in [2.24, 2.45) is 10.7 Å². The summed E-state index contributed by atoms with van der Waals surface area (Å²) in [5.41, 5.74) is 6.75. The van der Waals surface area contributed by atoms with Crippen molar-refractivity contribution >= 4 is 17.3 Å². The van der Waals surface area contributed by atoms with Crippen LogP contribution >= 0.6 is 11.3 Å². The van der Waals surface area contributed by atoms with Crippen LogP contribution in [0.5, 0.6) is 0 Å². The lowest BCUT2D eigenvalue weighted by Crippen LogP contribution is -2.46. The van der Waals surface area contributed by atoms with Crippen molar-refractivity contribution in [2.45, 2.75) is 19.0 Å². The normalized spacial score (nSPS) is 22.1. The Morgan fingerprint density at radius 3 is 2.75 bits per heavy atom. The zero-order valence-corrected chi connectivity index (χ0v) is 12.0. The molecule has 1 atom stereocenters. The van der Waals surface area contributed by atoms with E-state index in [1.807, 2.05) is 23.6 Å². The maximum atomic E-state index is 13.1. The van der Waals surface area contributed by atoms with Gasteiger partial charge >= 0.3 is 0 Å². The summed E-state index contributed by atoms with van der Waals surface area (Å²) < 4.78 is 13.1. The molecule has 1 aliphatic heterocycles. The van der Waals surface area contributed by atoms with Gasteiger partial charge in [-0.2, -0.15) is 0 Å². The van der Waals surface area contributed by atoms with Crippen LogP contribution in [0.1, 0.15) is 17.4 Å². The first-order valence-electron chi connectivity index (χ1n) is 6.45. The van der Waals surface area contributed by atoms with E-state index < -0.39 is 0 Å². The van der Waals surface area contributed by atoms with E-state index in [9.17, 15) is 4.39 Å². The van der Waals surface area contributed by atoms with E-state index in [0.29, 0.717) is 12.5 Å². The SMILES string of the molecule is CC1(c2ccc(F)cc2)CN=C(N)N1Cc1cccs1. The highest BCUT2D eigenvalue weighted by Crippen LogP contribution is 2.34. The van der Waals surface area contributed by atoms with Crippen LogP contribution in [0.4, 0.5) is 4.39 Å². The summed E-state index contributed by atoms with van der Waals surface area (Å²) in [7, 11) is 0. The lowest BCUT2D eigenvalue weighted by atomic mass is 9.91. The van der Waals surface area contributed by atoms with Crippen LogP contribution in [0.2, 0.25) is 0 Å². The number of nitrogens with zero attached hydrogens (tertiary/aromatic N) is 2. The van der Waals surface area contributed by atoms with Gasteiger partial charge in [0.1, 0.15) is 5.82 Å². The number of halogens is 1. The first-order valence-corrected chi connectivity index (χ1v) is 7.33. The fraction of sp³-hybridized carbons (Fsp3) is 0.267. The van der Waals surface area contributed by atoms with E-state index in [4.69, 9.17) is 5.73 Å². The zero-order valence-electron chi connectivity index (χ0n) is 11.2. The fourth-order valence-corrected chi connectivity index (χ4v) is 3.22. The molecule has 3 nitrogen and oxygen atoms in total. The van der Waals surface area contributed by atoms with Crippen molar-refractivity contribution in [3.05, 3.63) is 58.0 Å². The molecule has 0 saturated carbocycles. The van der Waals surface area contributed by atoms with Crippen molar-refractivity contribution in [3.8, 4) is 0 Å². The van der Waals surface area contributed by atoms with Gasteiger partial charge in [0.25, 0.3) is 0 Å². The minimum atomic E-state index is -0.318. The number of thiophene rings is 1. The van der Waals surface area contributed by atoms with Crippen molar-refractivity contribution in [2.75, 3.05) is 6.54 Å². The molecule has 0 amide bonds. The summed E-state index contributed by atoms with van der Waals surface area (Å²) in [5.74, 6) is 0.319. The van der Waals surface area contributed by atoms with Crippen LogP contribution in [-0.2, 0) is 12.1 Å². The summed E-state index contributed by atoms with van der Waals surface area (Å²) in [6.45, 7) is 3.41. The largest absolute Gasteiger partial charge is 0.370 e. The molecular weight excluding hydrogens is 273 g/mol. The van der Waals surface area contributed by atoms with Gasteiger partial charge in [0.05, 0.1) is 18.6 Å². The Kier molecular flexibility index (Phi) is 3.22. The molecule has 5 heteroatoms. The maximum Gasteiger partial charge on any atom is 0.192 e. The number of nitrogens with two attached hydrogens (primary N) is 1. The Morgan fingerprint density at radius 1 is 1.35 bits per heavy atom. The quantitative estimate of drug-likeness (QED) is 0.944. The smallest absolute Gasteiger partial charge is 0.192 e. The average molecular weight is 289 g/mol. The van der Waals surface area contributed by atoms with Crippen LogP contribution in [-0.4, -0.2) is 17.4 Å². The van der Waals surface area contributed by atoms with Gasteiger partial charge in [-0.15, -0.1) is 11.3 Å². The number of hydrogen-bond acceptors (Lipinski definition) is 4. The van der Waals surface area contributed by atoms with Gasteiger partial charge in [-0.1, -0.05) is 18.2 Å². The highest BCUT2D eigenvalue weighted by atomic mass is 32.1. The van der Waals surface area contributed by atoms with Gasteiger partial charge < -0.3 is 10.6 Å². The molecule has 2 N–H and O–H groups in total. The number of aliphatic imine (C=N–C) groups is 1. The van der Waals surface area contributed by atoms with Gasteiger partial charge in [-0.3, -0.25) is 4.99 Å². The Bertz CT molecular complexity index is 621. The molecule has 0 radical (unpaired) electrons. The molecule has 1 aromatic heterocycles. The predicted molar refractivity (Wildman–Crippen MR) is 80.1 cm³/mol. The molecule has 20 heavy (non-hydrogen) atoms. The van der Waals surface area contributed by atoms with E-state index in [2.05, 4.69) is 22.9 Å². The topological polar surface area (TPSA) is 41.6 Å². The second-order valence-corrected chi connectivity index (χ2v) is 6.15. The number of benzene rings is 1. The lowest BCUT2D eigenvalue weighted by molar-refractivity contribution is 0.219. The van der Waals surface area contributed by atoms with Crippen LogP contribution in [0.3, 0.4) is 0 Å². The Balaban J connectivity index is 1.93. The third-order valence-corrected chi connectivity index (χ3v) is 4.64. The highest BCUT2D eigenvalue weighted by Gasteiger charge is 2.39. The molecular formula is C15H16FN3S. The Hall–Kier alpha value is -1.88. The number of rotatable bonds is 3. The lowest BCUT2D eigenvalue weighted by Gasteiger charge is -2.36. The summed E-state index contributed by atoms with van der Waals surface area (Å²) in [6.07, 6.45) is 0. The summed E-state index contributed by atoms with van der Waals surface area (Å²) >= 11 is 1.70. The Morgan fingerprint density at radius 2 is 2.10 bits per heavy atom. The molecule has 104 valence electrons. The van der Waals surface area contributed by atoms with Gasteiger partial charge in [0.2, 0.25) is 0 Å². The number of guanidine groups is 1. The molecule has 0 aliphatic carbocycles. The maximum absolute atomic E-state index is 13.1. The van der Waals surface area contributed by atoms with Crippen molar-refractivity contribution in [3.63, 3.8) is 0 Å². The third kappa shape index (κ3) is 2.18. The molecule has 3 rings (SSSR count). The van der Waals surface area contributed by atoms with Crippen molar-refractivity contribution < 1.29 is 4.39 Å². The summed E-state index contributed by atoms with van der Waals surface area (Å²) in [5, 5.41) is 2.05. The summed E-state index contributed by atoms with van der Waals surface area (Å²) in [4.78, 5) is 7.71. The first-order chi connectivity index (χ1) is 9.59. The van der Waals surface area contributed by atoms with E-state index in [1.165, 1.54) is 17.0 Å². The molecule has 0 fully saturated rings. The van der Waals surface area contributed by atoms with E-state index in [-0.39, 0.29) is 11.4 Å². The second kappa shape index (κ2) is 4.90. The van der Waals surface area contributed by atoms with Crippen molar-refractivity contribution in [1.29, 1.82) is 0 Å². The summed E-state index contributed by atoms with van der Waals surface area (Å²) in [6, 6.07) is 10.7. The first kappa shape index (κ1) is 13.1. The second-order valence-electron chi connectivity index (χ2n) is 5.12. The van der Waals surface area contributed by atoms with Crippen LogP contribution in [0, 0.1) is 5.82 Å².